The average molecular weight is 1070 g/mol. The standard InChI is InChI=1S/C32H38N4O6.C28H29N5O4/c1-6-41-30(38)28-25(19-33-36(28)20-21-12-14-22(40-5)15-13-21)23-9-7-10-26-24(23)16-18-34(26)29(37)27-11-8-17-35(27)31(39)42-32(2,3)4;1-3-37-28(35)26-23(16-30-33(26)17-19-9-11-20(36-2)12-10-19)21-6-4-7-24-22(21)13-15-32(24)27(34)25-8-5-14-31(25)18-29/h7,9-10,12-15,19,27H,6,8,11,16-18,20H2,1-5H3;4,6-7,9-12,16,25H,3,5,8,13-15,17H2,1-2H3/t27-;25-/m00/s1. The van der Waals surface area contributed by atoms with Crippen LogP contribution in [0.15, 0.2) is 97.3 Å². The molecule has 6 heterocycles. The van der Waals surface area contributed by atoms with Crippen LogP contribution in [-0.2, 0) is 49.7 Å². The Morgan fingerprint density at radius 3 is 1.51 bits per heavy atom. The van der Waals surface area contributed by atoms with E-state index in [0.29, 0.717) is 87.5 Å². The van der Waals surface area contributed by atoms with Crippen LogP contribution in [0.2, 0.25) is 0 Å². The number of hydrogen-bond acceptors (Lipinski definition) is 14. The molecule has 0 unspecified atom stereocenters. The lowest BCUT2D eigenvalue weighted by Crippen LogP contribution is -2.48. The van der Waals surface area contributed by atoms with E-state index in [-0.39, 0.29) is 25.0 Å². The Labute approximate surface area is 460 Å². The Morgan fingerprint density at radius 1 is 0.608 bits per heavy atom. The van der Waals surface area contributed by atoms with E-state index in [9.17, 15) is 29.2 Å². The van der Waals surface area contributed by atoms with Crippen molar-refractivity contribution in [2.75, 3.05) is 63.4 Å². The molecule has 4 aromatic carbocycles. The van der Waals surface area contributed by atoms with Crippen molar-refractivity contribution in [1.82, 2.24) is 29.4 Å². The summed E-state index contributed by atoms with van der Waals surface area (Å²) in [4.78, 5) is 73.1. The zero-order chi connectivity index (χ0) is 56.0. The average Bonchev–Trinajstić information content (AvgIpc) is 4.52. The van der Waals surface area contributed by atoms with Gasteiger partial charge in [0, 0.05) is 48.7 Å². The molecule has 0 aliphatic carbocycles. The Kier molecular flexibility index (Phi) is 16.7. The number of likely N-dealkylation sites (tertiary alicyclic amines) is 2. The van der Waals surface area contributed by atoms with E-state index in [0.717, 1.165) is 69.1 Å². The molecule has 2 saturated heterocycles. The number of rotatable bonds is 14. The lowest BCUT2D eigenvalue weighted by molar-refractivity contribution is -0.123. The van der Waals surface area contributed by atoms with Crippen molar-refractivity contribution < 1.29 is 47.7 Å². The van der Waals surface area contributed by atoms with Gasteiger partial charge in [-0.05, 0) is 143 Å². The third kappa shape index (κ3) is 11.6. The molecule has 19 nitrogen and oxygen atoms in total. The molecule has 4 aliphatic rings. The van der Waals surface area contributed by atoms with Gasteiger partial charge in [-0.1, -0.05) is 48.5 Å². The summed E-state index contributed by atoms with van der Waals surface area (Å²) in [7, 11) is 3.24. The van der Waals surface area contributed by atoms with Gasteiger partial charge < -0.3 is 33.5 Å². The number of benzene rings is 4. The number of anilines is 2. The van der Waals surface area contributed by atoms with Crippen molar-refractivity contribution in [3.8, 4) is 39.9 Å². The number of fused-ring (bicyclic) bond motifs is 2. The predicted octanol–water partition coefficient (Wildman–Crippen LogP) is 8.69. The van der Waals surface area contributed by atoms with Crippen LogP contribution in [0.5, 0.6) is 11.5 Å². The van der Waals surface area contributed by atoms with Gasteiger partial charge >= 0.3 is 18.0 Å². The maximum Gasteiger partial charge on any atom is 0.410 e. The van der Waals surface area contributed by atoms with E-state index >= 15 is 0 Å². The molecule has 10 rings (SSSR count). The SMILES string of the molecule is CCOC(=O)c1c(-c2cccc3c2CCN3C(=O)[C@@H]2CCCN2C#N)cnn1Cc1ccc(OC)cc1.CCOC(=O)c1c(-c2cccc3c2CCN3C(=O)[C@@H]2CCCN2C(=O)OC(C)(C)C)cnn1Cc1ccc(OC)cc1. The molecule has 6 aromatic rings. The molecule has 4 aliphatic heterocycles. The first-order valence-corrected chi connectivity index (χ1v) is 26.9. The first kappa shape index (κ1) is 55.1. The number of nitrogens with zero attached hydrogens (tertiary/aromatic N) is 9. The number of aromatic nitrogens is 4. The van der Waals surface area contributed by atoms with E-state index < -0.39 is 35.7 Å². The van der Waals surface area contributed by atoms with Crippen LogP contribution >= 0.6 is 0 Å². The minimum absolute atomic E-state index is 0.0456. The lowest BCUT2D eigenvalue weighted by Gasteiger charge is -2.30. The minimum atomic E-state index is -0.642. The topological polar surface area (TPSA) is 204 Å². The number of amides is 3. The number of ether oxygens (including phenoxy) is 5. The van der Waals surface area contributed by atoms with Gasteiger partial charge in [0.15, 0.2) is 17.6 Å². The molecule has 19 heteroatoms. The number of carbonyl (C=O) groups is 5. The summed E-state index contributed by atoms with van der Waals surface area (Å²) < 4.78 is 30.3. The molecular weight excluding hydrogens is 1010 g/mol. The van der Waals surface area contributed by atoms with Gasteiger partial charge in [0.05, 0.1) is 52.9 Å². The van der Waals surface area contributed by atoms with Gasteiger partial charge in [-0.2, -0.15) is 15.5 Å². The highest BCUT2D eigenvalue weighted by Crippen LogP contribution is 2.41. The van der Waals surface area contributed by atoms with E-state index in [1.165, 1.54) is 0 Å². The smallest absolute Gasteiger partial charge is 0.410 e. The Balaban J connectivity index is 0.000000193. The van der Waals surface area contributed by atoms with Crippen molar-refractivity contribution in [3.63, 3.8) is 0 Å². The normalized spacial score (nSPS) is 16.4. The maximum atomic E-state index is 13.8. The van der Waals surface area contributed by atoms with Crippen LogP contribution in [0.3, 0.4) is 0 Å². The molecule has 0 saturated carbocycles. The van der Waals surface area contributed by atoms with Gasteiger partial charge in [0.2, 0.25) is 11.8 Å². The fraction of sp³-hybridized carbons (Fsp3) is 0.400. The van der Waals surface area contributed by atoms with E-state index in [2.05, 4.69) is 16.4 Å². The highest BCUT2D eigenvalue weighted by molar-refractivity contribution is 6.04. The van der Waals surface area contributed by atoms with Crippen LogP contribution in [0.1, 0.15) is 104 Å². The van der Waals surface area contributed by atoms with Gasteiger partial charge in [0.1, 0.15) is 29.2 Å². The predicted molar refractivity (Wildman–Crippen MR) is 295 cm³/mol. The van der Waals surface area contributed by atoms with Crippen LogP contribution in [0.4, 0.5) is 16.2 Å². The second kappa shape index (κ2) is 23.9. The van der Waals surface area contributed by atoms with Crippen LogP contribution in [0.25, 0.3) is 22.3 Å². The van der Waals surface area contributed by atoms with Gasteiger partial charge in [0.25, 0.3) is 0 Å². The second-order valence-electron chi connectivity index (χ2n) is 20.6. The first-order chi connectivity index (χ1) is 38.2. The van der Waals surface area contributed by atoms with Gasteiger partial charge in [-0.25, -0.2) is 14.4 Å². The molecule has 0 spiro atoms. The van der Waals surface area contributed by atoms with Crippen LogP contribution < -0.4 is 19.3 Å². The number of esters is 2. The van der Waals surface area contributed by atoms with Crippen molar-refractivity contribution >= 4 is 41.2 Å². The molecular formula is C60H67N9O10. The summed E-state index contributed by atoms with van der Waals surface area (Å²) in [6.45, 7) is 12.4. The maximum absolute atomic E-state index is 13.8. The fourth-order valence-electron chi connectivity index (χ4n) is 10.9. The van der Waals surface area contributed by atoms with E-state index in [1.54, 1.807) is 69.4 Å². The first-order valence-electron chi connectivity index (χ1n) is 26.9. The molecule has 0 radical (unpaired) electrons. The number of carbonyl (C=O) groups excluding carboxylic acids is 5. The number of hydrogen-bond donors (Lipinski definition) is 0. The third-order valence-corrected chi connectivity index (χ3v) is 14.6. The second-order valence-corrected chi connectivity index (χ2v) is 20.6. The molecule has 412 valence electrons. The third-order valence-electron chi connectivity index (χ3n) is 14.6. The molecule has 0 N–H and O–H groups in total. The molecule has 3 amide bonds. The molecule has 2 aromatic heterocycles. The Hall–Kier alpha value is -8.66. The summed E-state index contributed by atoms with van der Waals surface area (Å²) in [6, 6.07) is 25.8. The number of nitriles is 1. The summed E-state index contributed by atoms with van der Waals surface area (Å²) in [6.07, 6.45) is 9.21. The zero-order valence-corrected chi connectivity index (χ0v) is 45.9. The summed E-state index contributed by atoms with van der Waals surface area (Å²) in [5.74, 6) is 0.441. The quantitative estimate of drug-likeness (QED) is 0.0569. The largest absolute Gasteiger partial charge is 0.497 e. The molecule has 79 heavy (non-hydrogen) atoms. The lowest BCUT2D eigenvalue weighted by atomic mass is 9.98. The summed E-state index contributed by atoms with van der Waals surface area (Å²) in [5.41, 5.74) is 8.61. The van der Waals surface area contributed by atoms with Crippen molar-refractivity contribution in [2.24, 2.45) is 0 Å². The van der Waals surface area contributed by atoms with Gasteiger partial charge in [-0.3, -0.25) is 28.8 Å². The number of methoxy groups -OCH3 is 2. The fourth-order valence-corrected chi connectivity index (χ4v) is 10.9. The Bertz CT molecular complexity index is 3260. The molecule has 2 fully saturated rings. The molecule has 0 bridgehead atoms. The van der Waals surface area contributed by atoms with Crippen LogP contribution in [0, 0.1) is 11.5 Å². The monoisotopic (exact) mass is 1070 g/mol. The highest BCUT2D eigenvalue weighted by Gasteiger charge is 2.42. The van der Waals surface area contributed by atoms with Gasteiger partial charge in [-0.15, -0.1) is 0 Å². The van der Waals surface area contributed by atoms with Crippen molar-refractivity contribution in [1.29, 1.82) is 5.26 Å². The zero-order valence-electron chi connectivity index (χ0n) is 45.9. The minimum Gasteiger partial charge on any atom is -0.497 e. The summed E-state index contributed by atoms with van der Waals surface area (Å²) >= 11 is 0. The van der Waals surface area contributed by atoms with Crippen molar-refractivity contribution in [3.05, 3.63) is 131 Å². The molecule has 2 atom stereocenters. The summed E-state index contributed by atoms with van der Waals surface area (Å²) in [5, 5.41) is 18.6. The van der Waals surface area contributed by atoms with Crippen LogP contribution in [-0.4, -0.2) is 131 Å². The Morgan fingerprint density at radius 2 is 1.06 bits per heavy atom. The van der Waals surface area contributed by atoms with E-state index in [1.807, 2.05) is 106 Å². The van der Waals surface area contributed by atoms with E-state index in [4.69, 9.17) is 23.7 Å². The van der Waals surface area contributed by atoms with Crippen molar-refractivity contribution in [2.45, 2.75) is 104 Å². The highest BCUT2D eigenvalue weighted by atomic mass is 16.6.